The first-order valence-corrected chi connectivity index (χ1v) is 11.3. The molecule has 1 N–H and O–H groups in total. The van der Waals surface area contributed by atoms with Gasteiger partial charge in [-0.15, -0.1) is 0 Å². The summed E-state index contributed by atoms with van der Waals surface area (Å²) >= 11 is 0. The lowest BCUT2D eigenvalue weighted by Gasteiger charge is -2.31. The smallest absolute Gasteiger partial charge is 0.416 e. The highest BCUT2D eigenvalue weighted by Crippen LogP contribution is 2.38. The Balaban J connectivity index is 1.63. The van der Waals surface area contributed by atoms with E-state index in [9.17, 15) is 18.0 Å². The number of para-hydroxylation sites is 1. The lowest BCUT2D eigenvalue weighted by Crippen LogP contribution is -2.40. The molecule has 7 heteroatoms. The van der Waals surface area contributed by atoms with Gasteiger partial charge in [0.25, 0.3) is 0 Å². The highest BCUT2D eigenvalue weighted by atomic mass is 19.4. The second kappa shape index (κ2) is 10.3. The molecule has 1 fully saturated rings. The van der Waals surface area contributed by atoms with Gasteiger partial charge in [-0.3, -0.25) is 10.1 Å². The zero-order chi connectivity index (χ0) is 24.1. The molecule has 4 nitrogen and oxygen atoms in total. The van der Waals surface area contributed by atoms with Gasteiger partial charge in [-0.25, -0.2) is 0 Å². The Morgan fingerprint density at radius 1 is 1.03 bits per heavy atom. The van der Waals surface area contributed by atoms with Crippen molar-refractivity contribution in [3.05, 3.63) is 101 Å². The largest absolute Gasteiger partial charge is 0.496 e. The number of rotatable bonds is 7. The van der Waals surface area contributed by atoms with Crippen LogP contribution in [-0.4, -0.2) is 24.5 Å². The Kier molecular flexibility index (Phi) is 7.22. The molecule has 0 aromatic heterocycles. The van der Waals surface area contributed by atoms with Crippen molar-refractivity contribution in [2.24, 2.45) is 0 Å². The topological polar surface area (TPSA) is 41.6 Å². The maximum absolute atomic E-state index is 13.8. The zero-order valence-corrected chi connectivity index (χ0v) is 18.9. The molecule has 1 aliphatic rings. The van der Waals surface area contributed by atoms with Crippen LogP contribution in [0.2, 0.25) is 0 Å². The third-order valence-electron chi connectivity index (χ3n) is 6.21. The van der Waals surface area contributed by atoms with Gasteiger partial charge in [0.05, 0.1) is 18.7 Å². The minimum absolute atomic E-state index is 0.154. The van der Waals surface area contributed by atoms with E-state index in [0.29, 0.717) is 18.7 Å². The molecule has 0 spiro atoms. The molecule has 3 aromatic rings. The molecular weight excluding hydrogens is 441 g/mol. The van der Waals surface area contributed by atoms with E-state index in [1.54, 1.807) is 7.11 Å². The molecule has 4 rings (SSSR count). The Morgan fingerprint density at radius 2 is 1.71 bits per heavy atom. The van der Waals surface area contributed by atoms with Crippen molar-refractivity contribution < 1.29 is 22.7 Å². The fraction of sp³-hybridized carbons (Fsp3) is 0.296. The van der Waals surface area contributed by atoms with Gasteiger partial charge in [-0.05, 0) is 42.2 Å². The van der Waals surface area contributed by atoms with Crippen molar-refractivity contribution >= 4 is 5.91 Å². The minimum atomic E-state index is -4.43. The number of hydrogen-bond donors (Lipinski definition) is 1. The summed E-state index contributed by atoms with van der Waals surface area (Å²) in [7, 11) is 1.60. The standard InChI is InChI=1S/C27H27F3N2O2/c1-34-24-12-6-5-10-22(24)23-11-7-17-32(23)26(33)25(31-18-19-8-3-2-4-9-19)20-13-15-21(16-14-20)27(28,29)30/h2-6,8-10,12-16,23,25,31H,7,11,17-18H2,1H3. The molecule has 0 bridgehead atoms. The lowest BCUT2D eigenvalue weighted by atomic mass is 10.00. The fourth-order valence-electron chi connectivity index (χ4n) is 4.49. The van der Waals surface area contributed by atoms with Crippen LogP contribution in [-0.2, 0) is 17.5 Å². The predicted octanol–water partition coefficient (Wildman–Crippen LogP) is 5.91. The van der Waals surface area contributed by atoms with Gasteiger partial charge in [0, 0.05) is 18.7 Å². The van der Waals surface area contributed by atoms with Crippen molar-refractivity contribution in [1.82, 2.24) is 10.2 Å². The van der Waals surface area contributed by atoms with Crippen LogP contribution in [0.1, 0.15) is 47.2 Å². The van der Waals surface area contributed by atoms with E-state index in [1.807, 2.05) is 59.5 Å². The van der Waals surface area contributed by atoms with Crippen molar-refractivity contribution in [2.45, 2.75) is 37.6 Å². The van der Waals surface area contributed by atoms with E-state index in [1.165, 1.54) is 12.1 Å². The summed E-state index contributed by atoms with van der Waals surface area (Å²) in [6.07, 6.45) is -2.79. The Bertz CT molecular complexity index is 1100. The fourth-order valence-corrected chi connectivity index (χ4v) is 4.49. The number of halogens is 3. The van der Waals surface area contributed by atoms with Crippen LogP contribution in [0.4, 0.5) is 13.2 Å². The highest BCUT2D eigenvalue weighted by molar-refractivity contribution is 5.84. The highest BCUT2D eigenvalue weighted by Gasteiger charge is 2.36. The third kappa shape index (κ3) is 5.25. The Hall–Kier alpha value is -3.32. The number of nitrogens with zero attached hydrogens (tertiary/aromatic N) is 1. The number of amides is 1. The van der Waals surface area contributed by atoms with Crippen LogP contribution >= 0.6 is 0 Å². The Morgan fingerprint density at radius 3 is 2.38 bits per heavy atom. The number of ether oxygens (including phenoxy) is 1. The molecule has 1 aliphatic heterocycles. The van der Waals surface area contributed by atoms with E-state index in [2.05, 4.69) is 5.32 Å². The second-order valence-corrected chi connectivity index (χ2v) is 8.35. The molecule has 0 radical (unpaired) electrons. The first-order valence-electron chi connectivity index (χ1n) is 11.3. The van der Waals surface area contributed by atoms with Crippen LogP contribution in [0, 0.1) is 0 Å². The maximum atomic E-state index is 13.8. The molecule has 34 heavy (non-hydrogen) atoms. The molecule has 2 atom stereocenters. The van der Waals surface area contributed by atoms with Gasteiger partial charge in [-0.2, -0.15) is 13.2 Å². The summed E-state index contributed by atoms with van der Waals surface area (Å²) in [4.78, 5) is 15.7. The van der Waals surface area contributed by atoms with Crippen LogP contribution in [0.15, 0.2) is 78.9 Å². The SMILES string of the molecule is COc1ccccc1C1CCCN1C(=O)C(NCc1ccccc1)c1ccc(C(F)(F)F)cc1. The summed E-state index contributed by atoms with van der Waals surface area (Å²) in [5, 5.41) is 3.28. The van der Waals surface area contributed by atoms with Crippen molar-refractivity contribution in [1.29, 1.82) is 0 Å². The number of carbonyl (C=O) groups excluding carboxylic acids is 1. The molecule has 1 saturated heterocycles. The monoisotopic (exact) mass is 468 g/mol. The zero-order valence-electron chi connectivity index (χ0n) is 18.9. The maximum Gasteiger partial charge on any atom is 0.416 e. The van der Waals surface area contributed by atoms with Crippen molar-refractivity contribution in [3.63, 3.8) is 0 Å². The molecular formula is C27H27F3N2O2. The normalized spacial score (nSPS) is 16.9. The number of methoxy groups -OCH3 is 1. The van der Waals surface area contributed by atoms with E-state index in [4.69, 9.17) is 4.74 Å². The van der Waals surface area contributed by atoms with Gasteiger partial charge in [0.2, 0.25) is 5.91 Å². The molecule has 3 aromatic carbocycles. The summed E-state index contributed by atoms with van der Waals surface area (Å²) in [5.74, 6) is 0.555. The lowest BCUT2D eigenvalue weighted by molar-refractivity contribution is -0.137. The number of likely N-dealkylation sites (tertiary alicyclic amines) is 1. The number of hydrogen-bond acceptors (Lipinski definition) is 3. The van der Waals surface area contributed by atoms with E-state index >= 15 is 0 Å². The van der Waals surface area contributed by atoms with Crippen LogP contribution in [0.5, 0.6) is 5.75 Å². The van der Waals surface area contributed by atoms with Crippen LogP contribution < -0.4 is 10.1 Å². The first-order chi connectivity index (χ1) is 16.4. The summed E-state index contributed by atoms with van der Waals surface area (Å²) in [6.45, 7) is 0.983. The second-order valence-electron chi connectivity index (χ2n) is 8.35. The Labute approximate surface area is 197 Å². The average Bonchev–Trinajstić information content (AvgIpc) is 3.34. The average molecular weight is 469 g/mol. The quantitative estimate of drug-likeness (QED) is 0.469. The molecule has 0 aliphatic carbocycles. The van der Waals surface area contributed by atoms with E-state index in [0.717, 1.165) is 41.9 Å². The van der Waals surface area contributed by atoms with Gasteiger partial charge >= 0.3 is 6.18 Å². The van der Waals surface area contributed by atoms with E-state index < -0.39 is 17.8 Å². The van der Waals surface area contributed by atoms with Gasteiger partial charge in [0.1, 0.15) is 11.8 Å². The summed E-state index contributed by atoms with van der Waals surface area (Å²) in [5.41, 5.74) is 1.68. The van der Waals surface area contributed by atoms with Crippen LogP contribution in [0.25, 0.3) is 0 Å². The number of nitrogens with one attached hydrogen (secondary N) is 1. The summed E-state index contributed by atoms with van der Waals surface area (Å²) < 4.78 is 44.8. The number of alkyl halides is 3. The first kappa shape index (κ1) is 23.8. The van der Waals surface area contributed by atoms with Gasteiger partial charge in [0.15, 0.2) is 0 Å². The third-order valence-corrected chi connectivity index (χ3v) is 6.21. The molecule has 0 saturated carbocycles. The van der Waals surface area contributed by atoms with Crippen molar-refractivity contribution in [3.8, 4) is 5.75 Å². The van der Waals surface area contributed by atoms with Crippen molar-refractivity contribution in [2.75, 3.05) is 13.7 Å². The minimum Gasteiger partial charge on any atom is -0.496 e. The van der Waals surface area contributed by atoms with Gasteiger partial charge < -0.3 is 9.64 Å². The predicted molar refractivity (Wildman–Crippen MR) is 124 cm³/mol. The number of benzene rings is 3. The van der Waals surface area contributed by atoms with E-state index in [-0.39, 0.29) is 11.9 Å². The van der Waals surface area contributed by atoms with Gasteiger partial charge in [-0.1, -0.05) is 60.7 Å². The molecule has 1 amide bonds. The summed E-state index contributed by atoms with van der Waals surface area (Å²) in [6, 6.07) is 21.1. The molecule has 1 heterocycles. The number of carbonyl (C=O) groups is 1. The van der Waals surface area contributed by atoms with Crippen LogP contribution in [0.3, 0.4) is 0 Å². The molecule has 178 valence electrons. The molecule has 2 unspecified atom stereocenters.